The molecule has 0 heterocycles. The van der Waals surface area contributed by atoms with Crippen LogP contribution in [0.3, 0.4) is 0 Å². The Morgan fingerprint density at radius 2 is 1.47 bits per heavy atom. The third-order valence-electron chi connectivity index (χ3n) is 6.40. The fourth-order valence-corrected chi connectivity index (χ4v) is 4.99. The predicted molar refractivity (Wildman–Crippen MR) is 128 cm³/mol. The molecule has 0 saturated heterocycles. The number of rotatable bonds is 7. The summed E-state index contributed by atoms with van der Waals surface area (Å²) in [5.41, 5.74) is 16.5. The average molecular weight is 550 g/mol. The molecule has 4 unspecified atom stereocenters. The van der Waals surface area contributed by atoms with Crippen LogP contribution in [0.5, 0.6) is 0 Å². The Morgan fingerprint density at radius 3 is 2.03 bits per heavy atom. The average Bonchev–Trinajstić information content (AvgIpc) is 2.78. The van der Waals surface area contributed by atoms with Crippen LogP contribution in [0.25, 0.3) is 0 Å². The van der Waals surface area contributed by atoms with Gasteiger partial charge in [0.05, 0.1) is 15.6 Å². The van der Waals surface area contributed by atoms with Crippen LogP contribution in [0.4, 0.5) is 26.3 Å². The van der Waals surface area contributed by atoms with Gasteiger partial charge in [-0.3, -0.25) is 0 Å². The van der Waals surface area contributed by atoms with Crippen LogP contribution in [0.2, 0.25) is 10.0 Å². The lowest BCUT2D eigenvalue weighted by atomic mass is 9.61. The lowest BCUT2D eigenvalue weighted by molar-refractivity contribution is -0.138. The van der Waals surface area contributed by atoms with Crippen molar-refractivity contribution in [3.05, 3.63) is 104 Å². The van der Waals surface area contributed by atoms with Gasteiger partial charge in [0.15, 0.2) is 0 Å². The molecule has 3 aromatic carbocycles. The standard InChI is InChI=1S/C25H23Cl2F6N3/c1-12(34)24(14-3-6-18(26)21(30)10-14,22(35)9-13-2-7-20(29)19(27)8-13)23(36)16-5-4-15(28)11-17(16)25(31,32)33/h2-8,10-12,22-23H,9,34-36H2,1H3. The molecule has 11 heteroatoms. The van der Waals surface area contributed by atoms with E-state index in [9.17, 15) is 26.3 Å². The Bertz CT molecular complexity index is 1250. The van der Waals surface area contributed by atoms with E-state index in [2.05, 4.69) is 0 Å². The van der Waals surface area contributed by atoms with E-state index in [1.165, 1.54) is 31.2 Å². The summed E-state index contributed by atoms with van der Waals surface area (Å²) in [7, 11) is 0. The first kappa shape index (κ1) is 28.3. The highest BCUT2D eigenvalue weighted by atomic mass is 35.5. The Kier molecular flexibility index (Phi) is 8.32. The molecule has 0 spiro atoms. The van der Waals surface area contributed by atoms with Crippen molar-refractivity contribution in [3.8, 4) is 0 Å². The van der Waals surface area contributed by atoms with E-state index < -0.39 is 58.3 Å². The van der Waals surface area contributed by atoms with E-state index in [0.717, 1.165) is 24.3 Å². The van der Waals surface area contributed by atoms with Gasteiger partial charge in [-0.1, -0.05) is 41.4 Å². The van der Waals surface area contributed by atoms with Gasteiger partial charge in [-0.2, -0.15) is 13.2 Å². The van der Waals surface area contributed by atoms with Gasteiger partial charge in [0.25, 0.3) is 0 Å². The van der Waals surface area contributed by atoms with Gasteiger partial charge in [-0.15, -0.1) is 0 Å². The number of halogens is 8. The molecule has 0 aliphatic rings. The van der Waals surface area contributed by atoms with Crippen molar-refractivity contribution in [1.29, 1.82) is 0 Å². The molecule has 0 bridgehead atoms. The van der Waals surface area contributed by atoms with Crippen molar-refractivity contribution in [1.82, 2.24) is 0 Å². The lowest BCUT2D eigenvalue weighted by Crippen LogP contribution is -2.62. The molecule has 3 rings (SSSR count). The number of benzene rings is 3. The molecular weight excluding hydrogens is 527 g/mol. The van der Waals surface area contributed by atoms with E-state index in [0.29, 0.717) is 11.6 Å². The monoisotopic (exact) mass is 549 g/mol. The predicted octanol–water partition coefficient (Wildman–Crippen LogP) is 6.28. The molecule has 3 nitrogen and oxygen atoms in total. The van der Waals surface area contributed by atoms with Crippen LogP contribution in [0.1, 0.15) is 35.2 Å². The summed E-state index contributed by atoms with van der Waals surface area (Å²) in [4.78, 5) is 0. The van der Waals surface area contributed by atoms with Crippen LogP contribution in [0, 0.1) is 17.5 Å². The molecular formula is C25H23Cl2F6N3. The minimum atomic E-state index is -4.96. The summed E-state index contributed by atoms with van der Waals surface area (Å²) < 4.78 is 83.9. The first-order chi connectivity index (χ1) is 16.7. The maximum absolute atomic E-state index is 14.6. The van der Waals surface area contributed by atoms with Gasteiger partial charge >= 0.3 is 6.18 Å². The molecule has 0 aliphatic carbocycles. The SMILES string of the molecule is CC(N)C(c1ccc(Cl)c(F)c1)(C(N)Cc1ccc(F)c(Cl)c1)C(N)c1ccc(F)cc1C(F)(F)F. The van der Waals surface area contributed by atoms with Crippen molar-refractivity contribution in [2.24, 2.45) is 17.2 Å². The second kappa shape index (κ2) is 10.6. The summed E-state index contributed by atoms with van der Waals surface area (Å²) in [6, 6.07) is 5.74. The number of nitrogens with two attached hydrogens (primary N) is 3. The van der Waals surface area contributed by atoms with Gasteiger partial charge in [0, 0.05) is 23.5 Å². The molecule has 3 aromatic rings. The molecule has 4 atom stereocenters. The van der Waals surface area contributed by atoms with Crippen molar-refractivity contribution in [2.75, 3.05) is 0 Å². The Balaban J connectivity index is 2.29. The molecule has 0 aliphatic heterocycles. The van der Waals surface area contributed by atoms with Gasteiger partial charge < -0.3 is 17.2 Å². The molecule has 6 N–H and O–H groups in total. The van der Waals surface area contributed by atoms with Crippen LogP contribution < -0.4 is 17.2 Å². The molecule has 194 valence electrons. The third-order valence-corrected chi connectivity index (χ3v) is 6.99. The van der Waals surface area contributed by atoms with Gasteiger partial charge in [-0.25, -0.2) is 13.2 Å². The smallest absolute Gasteiger partial charge is 0.327 e. The van der Waals surface area contributed by atoms with Crippen molar-refractivity contribution >= 4 is 23.2 Å². The number of alkyl halides is 3. The summed E-state index contributed by atoms with van der Waals surface area (Å²) in [5, 5.41) is -0.423. The highest BCUT2D eigenvalue weighted by Crippen LogP contribution is 2.46. The molecule has 36 heavy (non-hydrogen) atoms. The molecule has 0 fully saturated rings. The van der Waals surface area contributed by atoms with Crippen molar-refractivity contribution in [3.63, 3.8) is 0 Å². The molecule has 0 aromatic heterocycles. The third kappa shape index (κ3) is 5.35. The highest BCUT2D eigenvalue weighted by molar-refractivity contribution is 6.31. The van der Waals surface area contributed by atoms with Gasteiger partial charge in [0.2, 0.25) is 0 Å². The lowest BCUT2D eigenvalue weighted by Gasteiger charge is -2.48. The van der Waals surface area contributed by atoms with E-state index in [4.69, 9.17) is 40.4 Å². The number of hydrogen-bond donors (Lipinski definition) is 3. The molecule has 0 amide bonds. The van der Waals surface area contributed by atoms with Crippen LogP contribution in [-0.4, -0.2) is 12.1 Å². The van der Waals surface area contributed by atoms with E-state index in [1.807, 2.05) is 0 Å². The second-order valence-electron chi connectivity index (χ2n) is 8.62. The fraction of sp³-hybridized carbons (Fsp3) is 0.280. The van der Waals surface area contributed by atoms with E-state index >= 15 is 0 Å². The van der Waals surface area contributed by atoms with Crippen LogP contribution in [-0.2, 0) is 18.0 Å². The minimum absolute atomic E-state index is 0.0674. The van der Waals surface area contributed by atoms with E-state index in [-0.39, 0.29) is 22.0 Å². The highest BCUT2D eigenvalue weighted by Gasteiger charge is 2.50. The zero-order chi connectivity index (χ0) is 27.0. The summed E-state index contributed by atoms with van der Waals surface area (Å²) in [5.74, 6) is -2.66. The van der Waals surface area contributed by atoms with Gasteiger partial charge in [-0.05, 0) is 66.4 Å². The second-order valence-corrected chi connectivity index (χ2v) is 9.43. The number of hydrogen-bond acceptors (Lipinski definition) is 3. The topological polar surface area (TPSA) is 78.1 Å². The fourth-order valence-electron chi connectivity index (χ4n) is 4.67. The Hall–Kier alpha value is -2.30. The zero-order valence-electron chi connectivity index (χ0n) is 18.9. The molecule has 0 radical (unpaired) electrons. The normalized spacial score (nSPS) is 16.3. The zero-order valence-corrected chi connectivity index (χ0v) is 20.4. The minimum Gasteiger partial charge on any atom is -0.327 e. The summed E-state index contributed by atoms with van der Waals surface area (Å²) in [6.07, 6.45) is -5.03. The van der Waals surface area contributed by atoms with Gasteiger partial charge in [0.1, 0.15) is 17.5 Å². The van der Waals surface area contributed by atoms with E-state index in [1.54, 1.807) is 0 Å². The first-order valence-electron chi connectivity index (χ1n) is 10.7. The van der Waals surface area contributed by atoms with Crippen molar-refractivity contribution < 1.29 is 26.3 Å². The Morgan fingerprint density at radius 1 is 0.806 bits per heavy atom. The largest absolute Gasteiger partial charge is 0.416 e. The maximum atomic E-state index is 14.6. The van der Waals surface area contributed by atoms with Crippen molar-refractivity contribution in [2.45, 2.75) is 43.1 Å². The van der Waals surface area contributed by atoms with Crippen LogP contribution in [0.15, 0.2) is 54.6 Å². The quantitative estimate of drug-likeness (QED) is 0.303. The van der Waals surface area contributed by atoms with Crippen LogP contribution >= 0.6 is 23.2 Å². The maximum Gasteiger partial charge on any atom is 0.416 e. The Labute approximate surface area is 214 Å². The summed E-state index contributed by atoms with van der Waals surface area (Å²) >= 11 is 11.7. The first-order valence-corrected chi connectivity index (χ1v) is 11.5. The molecule has 0 saturated carbocycles. The summed E-state index contributed by atoms with van der Waals surface area (Å²) in [6.45, 7) is 1.47.